The van der Waals surface area contributed by atoms with Crippen LogP contribution >= 0.6 is 0 Å². The van der Waals surface area contributed by atoms with Crippen LogP contribution in [0.5, 0.6) is 0 Å². The van der Waals surface area contributed by atoms with E-state index in [9.17, 15) is 22.8 Å². The smallest absolute Gasteiger partial charge is 0.322 e. The summed E-state index contributed by atoms with van der Waals surface area (Å²) in [5.41, 5.74) is 2.71. The molecule has 45 heavy (non-hydrogen) atoms. The number of hydrogen-bond acceptors (Lipinski definition) is 7. The average molecular weight is 616 g/mol. The van der Waals surface area contributed by atoms with Crippen molar-refractivity contribution in [2.24, 2.45) is 0 Å². The summed E-state index contributed by atoms with van der Waals surface area (Å²) in [6, 6.07) is 12.4. The number of amides is 2. The minimum absolute atomic E-state index is 0.0575. The second-order valence-corrected chi connectivity index (χ2v) is 11.4. The molecule has 2 aliphatic rings. The molecule has 0 radical (unpaired) electrons. The number of aromatic nitrogens is 3. The van der Waals surface area contributed by atoms with Crippen LogP contribution in [-0.4, -0.2) is 69.8 Å². The molecule has 1 aliphatic heterocycles. The molecule has 0 bridgehead atoms. The Balaban J connectivity index is 1.21. The Hall–Kier alpha value is -4.68. The molecule has 1 unspecified atom stereocenters. The normalized spacial score (nSPS) is 17.1. The molecule has 1 atom stereocenters. The summed E-state index contributed by atoms with van der Waals surface area (Å²) in [6.07, 6.45) is 1.20. The molecule has 12 heteroatoms. The van der Waals surface area contributed by atoms with Crippen molar-refractivity contribution in [1.82, 2.24) is 24.8 Å². The zero-order chi connectivity index (χ0) is 31.7. The van der Waals surface area contributed by atoms with Crippen LogP contribution < -0.4 is 10.6 Å². The molecule has 2 amide bonds. The van der Waals surface area contributed by atoms with Gasteiger partial charge in [-0.25, -0.2) is 9.97 Å². The summed E-state index contributed by atoms with van der Waals surface area (Å²) in [7, 11) is 2.01. The second kappa shape index (κ2) is 12.4. The van der Waals surface area contributed by atoms with Crippen LogP contribution in [0.2, 0.25) is 0 Å². The number of alkyl halides is 3. The predicted molar refractivity (Wildman–Crippen MR) is 164 cm³/mol. The lowest BCUT2D eigenvalue weighted by Crippen LogP contribution is -2.45. The Morgan fingerprint density at radius 2 is 1.76 bits per heavy atom. The highest BCUT2D eigenvalue weighted by Gasteiger charge is 2.41. The Labute approximate surface area is 258 Å². The number of pyridine rings is 1. The molecule has 2 N–H and O–H groups in total. The van der Waals surface area contributed by atoms with Crippen molar-refractivity contribution < 1.29 is 22.8 Å². The molecule has 6 rings (SSSR count). The molecule has 1 saturated heterocycles. The van der Waals surface area contributed by atoms with E-state index in [1.165, 1.54) is 6.20 Å². The standard InChI is InChI=1S/C33H32F3N7O2/c1-20-5-7-24(18-27(20)41-32(45)30-38-11-9-26(40-30)22-4-3-10-37-19-22)39-31(44)23-16-21-6-8-28(43-14-12-42(2)13-15-43)29(21)25(17-23)33(34,35)36/h3-5,7,9-11,16-19,28H,6,8,12-15H2,1-2H3,(H,39,44)(H,41,45). The molecule has 3 heterocycles. The van der Waals surface area contributed by atoms with E-state index in [0.717, 1.165) is 24.7 Å². The van der Waals surface area contributed by atoms with Gasteiger partial charge >= 0.3 is 6.18 Å². The summed E-state index contributed by atoms with van der Waals surface area (Å²) < 4.78 is 43.2. The first-order valence-electron chi connectivity index (χ1n) is 14.7. The van der Waals surface area contributed by atoms with Crippen molar-refractivity contribution in [3.05, 3.63) is 101 Å². The molecular weight excluding hydrogens is 583 g/mol. The van der Waals surface area contributed by atoms with Gasteiger partial charge in [0.25, 0.3) is 11.8 Å². The molecule has 4 aromatic rings. The topological polar surface area (TPSA) is 103 Å². The molecule has 0 saturated carbocycles. The minimum Gasteiger partial charge on any atom is -0.322 e. The van der Waals surface area contributed by atoms with Crippen LogP contribution in [0.25, 0.3) is 11.3 Å². The summed E-state index contributed by atoms with van der Waals surface area (Å²) in [4.78, 5) is 43.2. The van der Waals surface area contributed by atoms with Crippen molar-refractivity contribution in [3.8, 4) is 11.3 Å². The number of nitrogens with zero attached hydrogens (tertiary/aromatic N) is 5. The molecule has 1 aliphatic carbocycles. The van der Waals surface area contributed by atoms with Crippen LogP contribution in [0, 0.1) is 6.92 Å². The highest BCUT2D eigenvalue weighted by atomic mass is 19.4. The van der Waals surface area contributed by atoms with Gasteiger partial charge in [0.15, 0.2) is 0 Å². The molecule has 2 aromatic carbocycles. The maximum atomic E-state index is 14.4. The van der Waals surface area contributed by atoms with E-state index in [1.54, 1.807) is 55.7 Å². The molecule has 0 spiro atoms. The number of benzene rings is 2. The summed E-state index contributed by atoms with van der Waals surface area (Å²) in [6.45, 7) is 4.79. The molecular formula is C33H32F3N7O2. The fourth-order valence-electron chi connectivity index (χ4n) is 5.97. The third-order valence-corrected chi connectivity index (χ3v) is 8.39. The van der Waals surface area contributed by atoms with E-state index >= 15 is 0 Å². The molecule has 232 valence electrons. The fraction of sp³-hybridized carbons (Fsp3) is 0.303. The van der Waals surface area contributed by atoms with Crippen LogP contribution in [-0.2, 0) is 12.6 Å². The Morgan fingerprint density at radius 1 is 0.956 bits per heavy atom. The van der Waals surface area contributed by atoms with E-state index in [-0.39, 0.29) is 17.4 Å². The quantitative estimate of drug-likeness (QED) is 0.291. The fourth-order valence-corrected chi connectivity index (χ4v) is 5.97. The zero-order valence-electron chi connectivity index (χ0n) is 24.9. The van der Waals surface area contributed by atoms with Gasteiger partial charge < -0.3 is 15.5 Å². The van der Waals surface area contributed by atoms with E-state index in [1.807, 2.05) is 13.1 Å². The highest BCUT2D eigenvalue weighted by molar-refractivity contribution is 6.06. The second-order valence-electron chi connectivity index (χ2n) is 11.4. The van der Waals surface area contributed by atoms with Gasteiger partial charge in [-0.15, -0.1) is 0 Å². The maximum absolute atomic E-state index is 14.4. The SMILES string of the molecule is Cc1ccc(NC(=O)c2cc3c(c(C(F)(F)F)c2)C(N2CCN(C)CC2)CC3)cc1NC(=O)c1nccc(-c2cccnc2)n1. The highest BCUT2D eigenvalue weighted by Crippen LogP contribution is 2.45. The average Bonchev–Trinajstić information content (AvgIpc) is 3.46. The number of likely N-dealkylation sites (N-methyl/N-ethyl adjacent to an activating group) is 1. The van der Waals surface area contributed by atoms with Gasteiger partial charge in [-0.2, -0.15) is 13.2 Å². The molecule has 1 fully saturated rings. The zero-order valence-corrected chi connectivity index (χ0v) is 24.9. The van der Waals surface area contributed by atoms with Gasteiger partial charge in [0.2, 0.25) is 5.82 Å². The number of aryl methyl sites for hydroxylation is 2. The Morgan fingerprint density at radius 3 is 2.49 bits per heavy atom. The first kappa shape index (κ1) is 30.4. The first-order valence-corrected chi connectivity index (χ1v) is 14.7. The number of rotatable bonds is 6. The van der Waals surface area contributed by atoms with Gasteiger partial charge in [0.05, 0.1) is 11.3 Å². The molecule has 9 nitrogen and oxygen atoms in total. The van der Waals surface area contributed by atoms with Crippen LogP contribution in [0.3, 0.4) is 0 Å². The lowest BCUT2D eigenvalue weighted by molar-refractivity contribution is -0.138. The largest absolute Gasteiger partial charge is 0.416 e. The van der Waals surface area contributed by atoms with Crippen LogP contribution in [0.1, 0.15) is 55.7 Å². The van der Waals surface area contributed by atoms with Crippen molar-refractivity contribution in [2.45, 2.75) is 32.0 Å². The van der Waals surface area contributed by atoms with Gasteiger partial charge in [-0.05, 0) is 86.0 Å². The summed E-state index contributed by atoms with van der Waals surface area (Å²) in [5, 5.41) is 5.48. The van der Waals surface area contributed by atoms with Crippen molar-refractivity contribution in [1.29, 1.82) is 0 Å². The Bertz CT molecular complexity index is 1740. The number of piperazine rings is 1. The van der Waals surface area contributed by atoms with E-state index in [4.69, 9.17) is 0 Å². The minimum atomic E-state index is -4.60. The third-order valence-electron chi connectivity index (χ3n) is 8.39. The van der Waals surface area contributed by atoms with E-state index < -0.39 is 23.6 Å². The van der Waals surface area contributed by atoms with Gasteiger partial charge in [-0.1, -0.05) is 6.07 Å². The number of halogens is 3. The molecule has 2 aromatic heterocycles. The third kappa shape index (κ3) is 6.57. The van der Waals surface area contributed by atoms with E-state index in [0.29, 0.717) is 59.7 Å². The number of carbonyl (C=O) groups is 2. The monoisotopic (exact) mass is 615 g/mol. The Kier molecular flexibility index (Phi) is 8.34. The number of hydrogen-bond donors (Lipinski definition) is 2. The number of anilines is 2. The lowest BCUT2D eigenvalue weighted by atomic mass is 9.95. The summed E-state index contributed by atoms with van der Waals surface area (Å²) >= 11 is 0. The first-order chi connectivity index (χ1) is 21.6. The predicted octanol–water partition coefficient (Wildman–Crippen LogP) is 5.61. The number of nitrogens with one attached hydrogen (secondary N) is 2. The van der Waals surface area contributed by atoms with Crippen LogP contribution in [0.4, 0.5) is 24.5 Å². The summed E-state index contributed by atoms with van der Waals surface area (Å²) in [5.74, 6) is -1.28. The van der Waals surface area contributed by atoms with Gasteiger partial charge in [0, 0.05) is 73.3 Å². The van der Waals surface area contributed by atoms with Crippen molar-refractivity contribution in [2.75, 3.05) is 43.9 Å². The lowest BCUT2D eigenvalue weighted by Gasteiger charge is -2.37. The van der Waals surface area contributed by atoms with Crippen molar-refractivity contribution in [3.63, 3.8) is 0 Å². The van der Waals surface area contributed by atoms with Crippen LogP contribution in [0.15, 0.2) is 67.1 Å². The van der Waals surface area contributed by atoms with Gasteiger partial charge in [0.1, 0.15) is 0 Å². The number of fused-ring (bicyclic) bond motifs is 1. The number of carbonyl (C=O) groups excluding carboxylic acids is 2. The van der Waals surface area contributed by atoms with Crippen molar-refractivity contribution >= 4 is 23.2 Å². The van der Waals surface area contributed by atoms with E-state index in [2.05, 4.69) is 35.4 Å². The maximum Gasteiger partial charge on any atom is 0.416 e. The van der Waals surface area contributed by atoms with Gasteiger partial charge in [-0.3, -0.25) is 19.5 Å².